The van der Waals surface area contributed by atoms with Gasteiger partial charge in [0.1, 0.15) is 22.3 Å². The number of hydrogen-bond acceptors (Lipinski definition) is 5. The van der Waals surface area contributed by atoms with Gasteiger partial charge in [0.2, 0.25) is 0 Å². The minimum atomic E-state index is 0.538. The topological polar surface area (TPSA) is 69.9 Å². The van der Waals surface area contributed by atoms with Crippen molar-refractivity contribution in [3.63, 3.8) is 0 Å². The second-order valence-corrected chi connectivity index (χ2v) is 14.4. The predicted molar refractivity (Wildman–Crippen MR) is 230 cm³/mol. The van der Waals surface area contributed by atoms with E-state index >= 15 is 0 Å². The molecule has 0 aliphatic heterocycles. The van der Waals surface area contributed by atoms with Crippen molar-refractivity contribution in [3.05, 3.63) is 182 Å². The number of hydrogen-bond donors (Lipinski definition) is 0. The molecule has 0 amide bonds. The van der Waals surface area contributed by atoms with Crippen molar-refractivity contribution in [2.45, 2.75) is 0 Å². The largest absolute Gasteiger partial charge is 0.456 e. The number of aromatic nitrogens is 4. The average molecular weight is 731 g/mol. The van der Waals surface area contributed by atoms with Gasteiger partial charge in [-0.25, -0.2) is 15.0 Å². The van der Waals surface area contributed by atoms with E-state index in [2.05, 4.69) is 114 Å². The highest BCUT2D eigenvalue weighted by Crippen LogP contribution is 2.41. The highest BCUT2D eigenvalue weighted by molar-refractivity contribution is 6.14. The Hall–Kier alpha value is -7.83. The lowest BCUT2D eigenvalue weighted by molar-refractivity contribution is 0.668. The summed E-state index contributed by atoms with van der Waals surface area (Å²) in [4.78, 5) is 15.4. The van der Waals surface area contributed by atoms with E-state index < -0.39 is 0 Å². The van der Waals surface area contributed by atoms with Crippen LogP contribution in [0.5, 0.6) is 0 Å². The van der Waals surface area contributed by atoms with Crippen molar-refractivity contribution in [1.29, 1.82) is 0 Å². The standard InChI is InChI=1S/C51H30N4O2/c1-3-13-31(14-4-1)49-52-50(54-51(53-49)40-21-11-19-38-37-18-8-10-23-44(37)57-48(38)40)39-20-12-24-46-47(39)41-29-32(26-28-45(41)56-46)33-25-27-36-35-17-7-9-22-42(35)55(43(36)30-33)34-15-5-2-6-16-34/h1-30H. The first-order valence-electron chi connectivity index (χ1n) is 19.0. The molecule has 0 aliphatic rings. The van der Waals surface area contributed by atoms with E-state index in [1.165, 1.54) is 16.3 Å². The third kappa shape index (κ3) is 4.94. The number of rotatable bonds is 5. The number of para-hydroxylation sites is 4. The van der Waals surface area contributed by atoms with Gasteiger partial charge in [0, 0.05) is 49.1 Å². The summed E-state index contributed by atoms with van der Waals surface area (Å²) in [6.45, 7) is 0. The van der Waals surface area contributed by atoms with E-state index in [-0.39, 0.29) is 0 Å². The Bertz CT molecular complexity index is 3530. The van der Waals surface area contributed by atoms with Crippen LogP contribution in [-0.4, -0.2) is 19.5 Å². The van der Waals surface area contributed by atoms with Gasteiger partial charge in [-0.15, -0.1) is 0 Å². The Morgan fingerprint density at radius 1 is 0.351 bits per heavy atom. The molecule has 266 valence electrons. The van der Waals surface area contributed by atoms with E-state index in [1.807, 2.05) is 72.8 Å². The Labute approximate surface area is 325 Å². The lowest BCUT2D eigenvalue weighted by Gasteiger charge is -2.10. The van der Waals surface area contributed by atoms with E-state index in [1.54, 1.807) is 0 Å². The number of fused-ring (bicyclic) bond motifs is 9. The van der Waals surface area contributed by atoms with E-state index in [0.717, 1.165) is 82.9 Å². The van der Waals surface area contributed by atoms with Crippen LogP contribution in [0.25, 0.3) is 117 Å². The van der Waals surface area contributed by atoms with Gasteiger partial charge < -0.3 is 13.4 Å². The fraction of sp³-hybridized carbons (Fsp3) is 0. The lowest BCUT2D eigenvalue weighted by atomic mass is 9.99. The van der Waals surface area contributed by atoms with Gasteiger partial charge in [-0.2, -0.15) is 0 Å². The molecule has 0 atom stereocenters. The van der Waals surface area contributed by atoms with E-state index in [9.17, 15) is 0 Å². The molecule has 0 unspecified atom stereocenters. The SMILES string of the molecule is c1ccc(-c2nc(-c3cccc4c3oc3ccccc34)nc(-c3cccc4oc5ccc(-c6ccc7c8ccccc8n(-c8ccccc8)c7c6)cc5c34)n2)cc1. The zero-order valence-corrected chi connectivity index (χ0v) is 30.4. The van der Waals surface area contributed by atoms with Crippen LogP contribution in [0.1, 0.15) is 0 Å². The van der Waals surface area contributed by atoms with Crippen molar-refractivity contribution < 1.29 is 8.83 Å². The molecule has 0 aliphatic carbocycles. The van der Waals surface area contributed by atoms with Gasteiger partial charge in [0.15, 0.2) is 17.5 Å². The average Bonchev–Trinajstić information content (AvgIpc) is 3.96. The molecule has 57 heavy (non-hydrogen) atoms. The highest BCUT2D eigenvalue weighted by Gasteiger charge is 2.21. The summed E-state index contributed by atoms with van der Waals surface area (Å²) < 4.78 is 15.3. The second-order valence-electron chi connectivity index (χ2n) is 14.4. The van der Waals surface area contributed by atoms with Gasteiger partial charge >= 0.3 is 0 Å². The van der Waals surface area contributed by atoms with Crippen LogP contribution in [0.2, 0.25) is 0 Å². The fourth-order valence-electron chi connectivity index (χ4n) is 8.45. The third-order valence-corrected chi connectivity index (χ3v) is 11.1. The molecule has 4 aromatic heterocycles. The normalized spacial score (nSPS) is 11.9. The van der Waals surface area contributed by atoms with E-state index in [0.29, 0.717) is 17.5 Å². The smallest absolute Gasteiger partial charge is 0.167 e. The van der Waals surface area contributed by atoms with Crippen LogP contribution in [0.15, 0.2) is 191 Å². The molecule has 0 bridgehead atoms. The first-order valence-corrected chi connectivity index (χ1v) is 19.0. The highest BCUT2D eigenvalue weighted by atomic mass is 16.3. The minimum absolute atomic E-state index is 0.538. The van der Waals surface area contributed by atoms with Crippen LogP contribution in [-0.2, 0) is 0 Å². The molecule has 4 heterocycles. The molecule has 0 radical (unpaired) electrons. The number of nitrogens with zero attached hydrogens (tertiary/aromatic N) is 4. The summed E-state index contributed by atoms with van der Waals surface area (Å²) in [5, 5.41) is 6.46. The van der Waals surface area contributed by atoms with Crippen molar-refractivity contribution in [1.82, 2.24) is 19.5 Å². The van der Waals surface area contributed by atoms with Crippen molar-refractivity contribution in [2.75, 3.05) is 0 Å². The summed E-state index contributed by atoms with van der Waals surface area (Å²) in [6.07, 6.45) is 0. The first-order chi connectivity index (χ1) is 28.2. The minimum Gasteiger partial charge on any atom is -0.456 e. The van der Waals surface area contributed by atoms with Crippen molar-refractivity contribution in [3.8, 4) is 51.0 Å². The van der Waals surface area contributed by atoms with Crippen LogP contribution >= 0.6 is 0 Å². The molecule has 0 saturated carbocycles. The summed E-state index contributed by atoms with van der Waals surface area (Å²) in [6, 6.07) is 62.8. The van der Waals surface area contributed by atoms with Crippen LogP contribution in [0, 0.1) is 0 Å². The van der Waals surface area contributed by atoms with Gasteiger partial charge in [0.25, 0.3) is 0 Å². The Morgan fingerprint density at radius 2 is 0.965 bits per heavy atom. The molecule has 12 rings (SSSR count). The van der Waals surface area contributed by atoms with Crippen molar-refractivity contribution >= 4 is 65.7 Å². The quantitative estimate of drug-likeness (QED) is 0.176. The molecule has 6 heteroatoms. The molecule has 0 spiro atoms. The zero-order chi connectivity index (χ0) is 37.5. The third-order valence-electron chi connectivity index (χ3n) is 11.1. The lowest BCUT2D eigenvalue weighted by Crippen LogP contribution is -2.00. The number of benzene rings is 8. The summed E-state index contributed by atoms with van der Waals surface area (Å²) in [5.41, 5.74) is 11.4. The van der Waals surface area contributed by atoms with Crippen molar-refractivity contribution in [2.24, 2.45) is 0 Å². The van der Waals surface area contributed by atoms with Crippen LogP contribution < -0.4 is 0 Å². The van der Waals surface area contributed by atoms with Gasteiger partial charge in [0.05, 0.1) is 16.6 Å². The Kier molecular flexibility index (Phi) is 6.83. The predicted octanol–water partition coefficient (Wildman–Crippen LogP) is 13.4. The Balaban J connectivity index is 1.06. The zero-order valence-electron chi connectivity index (χ0n) is 30.4. The van der Waals surface area contributed by atoms with Gasteiger partial charge in [-0.3, -0.25) is 0 Å². The molecular weight excluding hydrogens is 701 g/mol. The maximum Gasteiger partial charge on any atom is 0.167 e. The molecule has 6 nitrogen and oxygen atoms in total. The maximum absolute atomic E-state index is 6.52. The molecule has 0 fully saturated rings. The van der Waals surface area contributed by atoms with Gasteiger partial charge in [-0.1, -0.05) is 127 Å². The maximum atomic E-state index is 6.52. The first kappa shape index (κ1) is 31.5. The summed E-state index contributed by atoms with van der Waals surface area (Å²) in [5.74, 6) is 1.67. The Morgan fingerprint density at radius 3 is 1.84 bits per heavy atom. The van der Waals surface area contributed by atoms with E-state index in [4.69, 9.17) is 23.8 Å². The number of furan rings is 2. The monoisotopic (exact) mass is 730 g/mol. The molecule has 0 N–H and O–H groups in total. The molecule has 0 saturated heterocycles. The van der Waals surface area contributed by atoms with Gasteiger partial charge in [-0.05, 0) is 65.7 Å². The second kappa shape index (κ2) is 12.3. The molecule has 12 aromatic rings. The van der Waals surface area contributed by atoms with Crippen LogP contribution in [0.4, 0.5) is 0 Å². The van der Waals surface area contributed by atoms with Crippen LogP contribution in [0.3, 0.4) is 0 Å². The molecular formula is C51H30N4O2. The molecule has 8 aromatic carbocycles. The summed E-state index contributed by atoms with van der Waals surface area (Å²) in [7, 11) is 0. The fourth-order valence-corrected chi connectivity index (χ4v) is 8.45. The summed E-state index contributed by atoms with van der Waals surface area (Å²) >= 11 is 0.